The summed E-state index contributed by atoms with van der Waals surface area (Å²) in [7, 11) is 0. The fourth-order valence-corrected chi connectivity index (χ4v) is 3.00. The van der Waals surface area contributed by atoms with Crippen LogP contribution in [0.1, 0.15) is 18.6 Å². The Balaban J connectivity index is 1.82. The van der Waals surface area contributed by atoms with Gasteiger partial charge in [-0.15, -0.1) is 11.8 Å². The van der Waals surface area contributed by atoms with Crippen LogP contribution in [0.5, 0.6) is 0 Å². The fourth-order valence-electron chi connectivity index (χ4n) is 1.86. The Bertz CT molecular complexity index is 604. The number of thioether (sulfide) groups is 1. The van der Waals surface area contributed by atoms with Crippen LogP contribution in [0, 0.1) is 0 Å². The molecule has 2 unspecified atom stereocenters. The molecule has 2 rings (SSSR count). The predicted octanol–water partition coefficient (Wildman–Crippen LogP) is 4.24. The van der Waals surface area contributed by atoms with E-state index >= 15 is 0 Å². The van der Waals surface area contributed by atoms with Gasteiger partial charge in [0.2, 0.25) is 5.91 Å². The van der Waals surface area contributed by atoms with Crippen LogP contribution in [0.25, 0.3) is 0 Å². The average molecular weight is 380 g/mol. The third-order valence-corrected chi connectivity index (χ3v) is 4.92. The lowest BCUT2D eigenvalue weighted by molar-refractivity contribution is -0.115. The maximum absolute atomic E-state index is 12.1. The normalized spacial score (nSPS) is 13.4. The first kappa shape index (κ1) is 17.1. The quantitative estimate of drug-likeness (QED) is 0.788. The molecule has 0 aromatic heterocycles. The third-order valence-electron chi connectivity index (χ3n) is 3.17. The van der Waals surface area contributed by atoms with Crippen molar-refractivity contribution in [3.63, 3.8) is 0 Å². The highest BCUT2D eigenvalue weighted by Gasteiger charge is 2.16. The zero-order valence-electron chi connectivity index (χ0n) is 12.2. The van der Waals surface area contributed by atoms with Gasteiger partial charge in [-0.1, -0.05) is 46.3 Å². The number of carbonyl (C=O) groups excluding carboxylic acids is 1. The van der Waals surface area contributed by atoms with Gasteiger partial charge in [0, 0.05) is 15.9 Å². The Hall–Kier alpha value is -1.30. The van der Waals surface area contributed by atoms with Gasteiger partial charge in [-0.3, -0.25) is 4.79 Å². The predicted molar refractivity (Wildman–Crippen MR) is 96.1 cm³/mol. The van der Waals surface area contributed by atoms with E-state index in [2.05, 4.69) is 21.2 Å². The van der Waals surface area contributed by atoms with Gasteiger partial charge in [0.1, 0.15) is 0 Å². The van der Waals surface area contributed by atoms with E-state index in [0.29, 0.717) is 5.75 Å². The molecule has 0 spiro atoms. The van der Waals surface area contributed by atoms with Gasteiger partial charge >= 0.3 is 0 Å². The molecule has 0 aliphatic rings. The van der Waals surface area contributed by atoms with Crippen molar-refractivity contribution in [1.82, 2.24) is 0 Å². The molecule has 2 aromatic carbocycles. The van der Waals surface area contributed by atoms with Gasteiger partial charge in [-0.25, -0.2) is 0 Å². The van der Waals surface area contributed by atoms with Gasteiger partial charge in [-0.05, 0) is 36.8 Å². The zero-order valence-corrected chi connectivity index (χ0v) is 14.6. The van der Waals surface area contributed by atoms with Crippen molar-refractivity contribution in [3.05, 3.63) is 64.6 Å². The minimum atomic E-state index is -0.561. The van der Waals surface area contributed by atoms with Crippen LogP contribution in [0.2, 0.25) is 0 Å². The number of halogens is 1. The zero-order chi connectivity index (χ0) is 15.9. The number of nitrogens with one attached hydrogen (secondary N) is 1. The molecule has 0 radical (unpaired) electrons. The number of rotatable bonds is 6. The third kappa shape index (κ3) is 5.16. The van der Waals surface area contributed by atoms with E-state index in [4.69, 9.17) is 0 Å². The second-order valence-electron chi connectivity index (χ2n) is 4.90. The molecular formula is C17H18BrNO2S. The molecule has 0 saturated carbocycles. The molecule has 0 saturated heterocycles. The Morgan fingerprint density at radius 2 is 1.82 bits per heavy atom. The Kier molecular flexibility index (Phi) is 6.49. The number of aliphatic hydroxyl groups excluding tert-OH is 1. The minimum absolute atomic E-state index is 0.0624. The lowest BCUT2D eigenvalue weighted by Crippen LogP contribution is -2.23. The van der Waals surface area contributed by atoms with E-state index in [1.54, 1.807) is 0 Å². The first-order chi connectivity index (χ1) is 10.6. The number of hydrogen-bond donors (Lipinski definition) is 2. The lowest BCUT2D eigenvalue weighted by Gasteiger charge is -2.15. The maximum atomic E-state index is 12.1. The highest BCUT2D eigenvalue weighted by atomic mass is 79.9. The number of benzene rings is 2. The first-order valence-corrected chi connectivity index (χ1v) is 8.81. The second kappa shape index (κ2) is 8.36. The van der Waals surface area contributed by atoms with Crippen molar-refractivity contribution in [2.75, 3.05) is 11.1 Å². The first-order valence-electron chi connectivity index (χ1n) is 6.97. The summed E-state index contributed by atoms with van der Waals surface area (Å²) in [4.78, 5) is 12.1. The molecule has 116 valence electrons. The van der Waals surface area contributed by atoms with Crippen molar-refractivity contribution >= 4 is 39.3 Å². The molecule has 1 amide bonds. The summed E-state index contributed by atoms with van der Waals surface area (Å²) in [6, 6.07) is 16.9. The fraction of sp³-hybridized carbons (Fsp3) is 0.235. The van der Waals surface area contributed by atoms with Crippen LogP contribution in [-0.4, -0.2) is 22.0 Å². The smallest absolute Gasteiger partial charge is 0.237 e. The molecule has 0 aliphatic carbocycles. The van der Waals surface area contributed by atoms with Crippen LogP contribution < -0.4 is 5.32 Å². The molecule has 0 heterocycles. The number of amides is 1. The Labute approximate surface area is 143 Å². The summed E-state index contributed by atoms with van der Waals surface area (Å²) in [5.41, 5.74) is 1.64. The van der Waals surface area contributed by atoms with Crippen molar-refractivity contribution in [2.24, 2.45) is 0 Å². The molecular weight excluding hydrogens is 362 g/mol. The maximum Gasteiger partial charge on any atom is 0.237 e. The van der Waals surface area contributed by atoms with E-state index in [9.17, 15) is 9.90 Å². The molecule has 5 heteroatoms. The molecule has 22 heavy (non-hydrogen) atoms. The van der Waals surface area contributed by atoms with Gasteiger partial charge in [-0.2, -0.15) is 0 Å². The number of aliphatic hydroxyl groups is 1. The standard InChI is InChI=1S/C17H18BrNO2S/c1-12(17(21)19-15-9-7-14(18)8-10-15)22-11-16(20)13-5-3-2-4-6-13/h2-10,12,16,20H,11H2,1H3,(H,19,21). The monoisotopic (exact) mass is 379 g/mol. The highest BCUT2D eigenvalue weighted by Crippen LogP contribution is 2.22. The molecule has 0 bridgehead atoms. The van der Waals surface area contributed by atoms with Crippen LogP contribution in [0.4, 0.5) is 5.69 Å². The van der Waals surface area contributed by atoms with Crippen LogP contribution in [0.3, 0.4) is 0 Å². The van der Waals surface area contributed by atoms with Crippen molar-refractivity contribution in [2.45, 2.75) is 18.3 Å². The summed E-state index contributed by atoms with van der Waals surface area (Å²) in [5, 5.41) is 12.7. The largest absolute Gasteiger partial charge is 0.388 e. The van der Waals surface area contributed by atoms with Gasteiger partial charge < -0.3 is 10.4 Å². The summed E-state index contributed by atoms with van der Waals surface area (Å²) >= 11 is 4.80. The van der Waals surface area contributed by atoms with Crippen molar-refractivity contribution in [1.29, 1.82) is 0 Å². The van der Waals surface area contributed by atoms with Crippen molar-refractivity contribution < 1.29 is 9.90 Å². The van der Waals surface area contributed by atoms with Crippen LogP contribution >= 0.6 is 27.7 Å². The van der Waals surface area contributed by atoms with E-state index < -0.39 is 6.10 Å². The summed E-state index contributed by atoms with van der Waals surface area (Å²) in [5.74, 6) is 0.423. The van der Waals surface area contributed by atoms with Crippen LogP contribution in [-0.2, 0) is 4.79 Å². The number of carbonyl (C=O) groups is 1. The SMILES string of the molecule is CC(SCC(O)c1ccccc1)C(=O)Nc1ccc(Br)cc1. The molecule has 2 aromatic rings. The summed E-state index contributed by atoms with van der Waals surface area (Å²) in [6.07, 6.45) is -0.561. The van der Waals surface area contributed by atoms with Gasteiger partial charge in [0.15, 0.2) is 0 Å². The highest BCUT2D eigenvalue weighted by molar-refractivity contribution is 9.10. The molecule has 2 N–H and O–H groups in total. The van der Waals surface area contributed by atoms with E-state index in [1.807, 2.05) is 61.5 Å². The Morgan fingerprint density at radius 1 is 1.18 bits per heavy atom. The molecule has 0 aliphatic heterocycles. The summed E-state index contributed by atoms with van der Waals surface area (Å²) in [6.45, 7) is 1.84. The lowest BCUT2D eigenvalue weighted by atomic mass is 10.1. The number of hydrogen-bond acceptors (Lipinski definition) is 3. The van der Waals surface area contributed by atoms with E-state index in [-0.39, 0.29) is 11.2 Å². The van der Waals surface area contributed by atoms with E-state index in [0.717, 1.165) is 15.7 Å². The Morgan fingerprint density at radius 3 is 2.45 bits per heavy atom. The minimum Gasteiger partial charge on any atom is -0.388 e. The van der Waals surface area contributed by atoms with Crippen molar-refractivity contribution in [3.8, 4) is 0 Å². The molecule has 3 nitrogen and oxygen atoms in total. The van der Waals surface area contributed by atoms with Gasteiger partial charge in [0.25, 0.3) is 0 Å². The van der Waals surface area contributed by atoms with Gasteiger partial charge in [0.05, 0.1) is 11.4 Å². The topological polar surface area (TPSA) is 49.3 Å². The molecule has 2 atom stereocenters. The van der Waals surface area contributed by atoms with Crippen LogP contribution in [0.15, 0.2) is 59.1 Å². The molecule has 0 fully saturated rings. The number of anilines is 1. The van der Waals surface area contributed by atoms with E-state index in [1.165, 1.54) is 11.8 Å². The average Bonchev–Trinajstić information content (AvgIpc) is 2.55. The second-order valence-corrected chi connectivity index (χ2v) is 7.19. The summed E-state index contributed by atoms with van der Waals surface area (Å²) < 4.78 is 0.971.